The molecule has 1 aliphatic heterocycles. The molecule has 1 aliphatic rings. The lowest BCUT2D eigenvalue weighted by Gasteiger charge is -2.41. The van der Waals surface area contributed by atoms with E-state index in [1.54, 1.807) is 12.1 Å². The predicted octanol–water partition coefficient (Wildman–Crippen LogP) is 2.73. The Bertz CT molecular complexity index is 809. The number of piperazine rings is 1. The molecule has 1 heterocycles. The van der Waals surface area contributed by atoms with Crippen LogP contribution in [-0.4, -0.2) is 68.0 Å². The van der Waals surface area contributed by atoms with E-state index in [4.69, 9.17) is 9.47 Å². The third kappa shape index (κ3) is 5.49. The quantitative estimate of drug-likeness (QED) is 0.724. The van der Waals surface area contributed by atoms with Gasteiger partial charge in [-0.3, -0.25) is 4.90 Å². The van der Waals surface area contributed by atoms with Gasteiger partial charge in [-0.15, -0.1) is 0 Å². The van der Waals surface area contributed by atoms with E-state index in [0.717, 1.165) is 36.6 Å². The third-order valence-electron chi connectivity index (χ3n) is 5.39. The lowest BCUT2D eigenvalue weighted by atomic mass is 10.1. The van der Waals surface area contributed by atoms with E-state index in [1.807, 2.05) is 43.3 Å². The summed E-state index contributed by atoms with van der Waals surface area (Å²) >= 11 is 0. The minimum absolute atomic E-state index is 0.285. The summed E-state index contributed by atoms with van der Waals surface area (Å²) in [7, 11) is 1.39. The molecule has 2 aromatic carbocycles. The molecule has 6 nitrogen and oxygen atoms in total. The third-order valence-corrected chi connectivity index (χ3v) is 5.39. The van der Waals surface area contributed by atoms with Gasteiger partial charge < -0.3 is 19.5 Å². The number of hydrogen-bond donors (Lipinski definition) is 1. The van der Waals surface area contributed by atoms with E-state index in [0.29, 0.717) is 18.2 Å². The Labute approximate surface area is 172 Å². The maximum Gasteiger partial charge on any atom is 0.337 e. The van der Waals surface area contributed by atoms with Gasteiger partial charge in [-0.2, -0.15) is 0 Å². The molecule has 29 heavy (non-hydrogen) atoms. The van der Waals surface area contributed by atoms with Gasteiger partial charge in [-0.1, -0.05) is 18.2 Å². The highest BCUT2D eigenvalue weighted by Gasteiger charge is 2.26. The highest BCUT2D eigenvalue weighted by molar-refractivity contribution is 5.89. The molecule has 2 aromatic rings. The number of hydrogen-bond acceptors (Lipinski definition) is 6. The molecule has 0 aromatic heterocycles. The molecule has 0 bridgehead atoms. The molecule has 1 saturated heterocycles. The van der Waals surface area contributed by atoms with Crippen molar-refractivity contribution in [1.82, 2.24) is 4.90 Å². The van der Waals surface area contributed by atoms with Crippen molar-refractivity contribution >= 4 is 11.7 Å². The number of nitrogens with zero attached hydrogens (tertiary/aromatic N) is 2. The number of carbonyl (C=O) groups is 1. The number of benzene rings is 2. The number of carbonyl (C=O) groups excluding carboxylic acids is 1. The number of β-amino-alcohol motifs (C(OH)–C–C–N with tert-alkyl or cyclic N) is 1. The van der Waals surface area contributed by atoms with Gasteiger partial charge in [0.25, 0.3) is 0 Å². The van der Waals surface area contributed by atoms with Crippen molar-refractivity contribution in [1.29, 1.82) is 0 Å². The molecular formula is C23H30N2O4. The first-order valence-electron chi connectivity index (χ1n) is 10.0. The van der Waals surface area contributed by atoms with Crippen LogP contribution in [0.5, 0.6) is 5.75 Å². The fourth-order valence-electron chi connectivity index (χ4n) is 3.65. The summed E-state index contributed by atoms with van der Waals surface area (Å²) in [6.07, 6.45) is -0.539. The van der Waals surface area contributed by atoms with Gasteiger partial charge in [0, 0.05) is 37.9 Å². The molecule has 1 fully saturated rings. The number of aliphatic hydroxyl groups excluding tert-OH is 1. The van der Waals surface area contributed by atoms with Crippen molar-refractivity contribution in [3.8, 4) is 5.75 Å². The van der Waals surface area contributed by atoms with E-state index in [-0.39, 0.29) is 12.6 Å². The largest absolute Gasteiger partial charge is 0.491 e. The lowest BCUT2D eigenvalue weighted by molar-refractivity contribution is 0.0510. The summed E-state index contributed by atoms with van der Waals surface area (Å²) in [5.74, 6) is 0.497. The number of anilines is 1. The zero-order valence-corrected chi connectivity index (χ0v) is 17.4. The Hall–Kier alpha value is -2.57. The van der Waals surface area contributed by atoms with Crippen LogP contribution in [0.1, 0.15) is 22.8 Å². The highest BCUT2D eigenvalue weighted by Crippen LogP contribution is 2.21. The molecule has 3 rings (SSSR count). The van der Waals surface area contributed by atoms with Crippen molar-refractivity contribution in [3.05, 3.63) is 59.7 Å². The molecule has 0 spiro atoms. The Balaban J connectivity index is 1.49. The minimum Gasteiger partial charge on any atom is -0.491 e. The zero-order chi connectivity index (χ0) is 20.8. The lowest BCUT2D eigenvalue weighted by Crippen LogP contribution is -2.54. The van der Waals surface area contributed by atoms with E-state index >= 15 is 0 Å². The number of aryl methyl sites for hydroxylation is 1. The fraction of sp³-hybridized carbons (Fsp3) is 0.435. The van der Waals surface area contributed by atoms with E-state index in [1.165, 1.54) is 7.11 Å². The van der Waals surface area contributed by atoms with E-state index in [9.17, 15) is 9.90 Å². The van der Waals surface area contributed by atoms with Crippen LogP contribution in [-0.2, 0) is 4.74 Å². The molecule has 156 valence electrons. The topological polar surface area (TPSA) is 62.2 Å². The summed E-state index contributed by atoms with van der Waals surface area (Å²) in [6, 6.07) is 15.7. The second-order valence-electron chi connectivity index (χ2n) is 7.56. The van der Waals surface area contributed by atoms with Crippen molar-refractivity contribution in [2.24, 2.45) is 0 Å². The number of aliphatic hydroxyl groups is 1. The van der Waals surface area contributed by atoms with Crippen LogP contribution in [0.4, 0.5) is 5.69 Å². The molecule has 0 saturated carbocycles. The molecular weight excluding hydrogens is 368 g/mol. The average molecular weight is 399 g/mol. The monoisotopic (exact) mass is 398 g/mol. The normalized spacial score (nSPS) is 18.3. The Morgan fingerprint density at radius 1 is 1.17 bits per heavy atom. The molecule has 1 N–H and O–H groups in total. The minimum atomic E-state index is -0.539. The first-order valence-corrected chi connectivity index (χ1v) is 10.0. The zero-order valence-electron chi connectivity index (χ0n) is 17.4. The first-order chi connectivity index (χ1) is 14.0. The van der Waals surface area contributed by atoms with Crippen LogP contribution < -0.4 is 9.64 Å². The molecule has 0 radical (unpaired) electrons. The van der Waals surface area contributed by atoms with Gasteiger partial charge in [0.1, 0.15) is 18.5 Å². The van der Waals surface area contributed by atoms with Crippen LogP contribution in [0.2, 0.25) is 0 Å². The van der Waals surface area contributed by atoms with Crippen LogP contribution in [0, 0.1) is 6.92 Å². The number of ether oxygens (including phenoxy) is 2. The molecule has 2 unspecified atom stereocenters. The summed E-state index contributed by atoms with van der Waals surface area (Å²) in [5, 5.41) is 10.4. The maximum atomic E-state index is 11.6. The van der Waals surface area contributed by atoms with Gasteiger partial charge in [0.15, 0.2) is 0 Å². The fourth-order valence-corrected chi connectivity index (χ4v) is 3.65. The van der Waals surface area contributed by atoms with Gasteiger partial charge in [0.2, 0.25) is 0 Å². The standard InChI is InChI=1S/C23H30N2O4/c1-17-6-4-5-7-22(17)29-16-21(26)15-24-12-13-25(14-18(24)2)20-10-8-19(9-11-20)23(27)28-3/h4-11,18,21,26H,12-16H2,1-3H3. The smallest absolute Gasteiger partial charge is 0.337 e. The highest BCUT2D eigenvalue weighted by atomic mass is 16.5. The van der Waals surface area contributed by atoms with E-state index < -0.39 is 6.10 Å². The second-order valence-corrected chi connectivity index (χ2v) is 7.56. The molecule has 0 aliphatic carbocycles. The van der Waals surface area contributed by atoms with Crippen molar-refractivity contribution < 1.29 is 19.4 Å². The van der Waals surface area contributed by atoms with Gasteiger partial charge in [-0.25, -0.2) is 4.79 Å². The van der Waals surface area contributed by atoms with Crippen LogP contribution >= 0.6 is 0 Å². The Kier molecular flexibility index (Phi) is 7.12. The van der Waals surface area contributed by atoms with Gasteiger partial charge in [-0.05, 0) is 49.7 Å². The second kappa shape index (κ2) is 9.76. The summed E-state index contributed by atoms with van der Waals surface area (Å²) in [6.45, 7) is 7.64. The Morgan fingerprint density at radius 3 is 2.55 bits per heavy atom. The predicted molar refractivity (Wildman–Crippen MR) is 114 cm³/mol. The molecule has 0 amide bonds. The average Bonchev–Trinajstić information content (AvgIpc) is 2.74. The SMILES string of the molecule is COC(=O)c1ccc(N2CCN(CC(O)COc3ccccc3C)C(C)C2)cc1. The molecule has 6 heteroatoms. The first kappa shape index (κ1) is 21.1. The van der Waals surface area contributed by atoms with Crippen LogP contribution in [0.25, 0.3) is 0 Å². The number of methoxy groups -OCH3 is 1. The van der Waals surface area contributed by atoms with E-state index in [2.05, 4.69) is 16.7 Å². The van der Waals surface area contributed by atoms with Gasteiger partial charge in [0.05, 0.1) is 12.7 Å². The van der Waals surface area contributed by atoms with Crippen LogP contribution in [0.3, 0.4) is 0 Å². The summed E-state index contributed by atoms with van der Waals surface area (Å²) in [4.78, 5) is 16.2. The summed E-state index contributed by atoms with van der Waals surface area (Å²) in [5.41, 5.74) is 2.71. The van der Waals surface area contributed by atoms with Crippen molar-refractivity contribution in [2.45, 2.75) is 26.0 Å². The van der Waals surface area contributed by atoms with Crippen molar-refractivity contribution in [3.63, 3.8) is 0 Å². The molecule has 2 atom stereocenters. The number of rotatable bonds is 7. The maximum absolute atomic E-state index is 11.6. The van der Waals surface area contributed by atoms with Crippen molar-refractivity contribution in [2.75, 3.05) is 44.8 Å². The van der Waals surface area contributed by atoms with Gasteiger partial charge >= 0.3 is 5.97 Å². The number of para-hydroxylation sites is 1. The summed E-state index contributed by atoms with van der Waals surface area (Å²) < 4.78 is 10.5. The van der Waals surface area contributed by atoms with Crippen LogP contribution in [0.15, 0.2) is 48.5 Å². The Morgan fingerprint density at radius 2 is 1.90 bits per heavy atom. The number of esters is 1.